The minimum absolute atomic E-state index is 0.0129. The minimum atomic E-state index is -3.49. The molecule has 100 valence electrons. The van der Waals surface area contributed by atoms with Crippen molar-refractivity contribution in [2.45, 2.75) is 24.3 Å². The first-order valence-corrected chi connectivity index (χ1v) is 7.67. The number of sulfonamides is 1. The van der Waals surface area contributed by atoms with Gasteiger partial charge in [-0.05, 0) is 37.5 Å². The molecule has 2 rings (SSSR count). The second-order valence-electron chi connectivity index (χ2n) is 4.61. The van der Waals surface area contributed by atoms with Crippen molar-refractivity contribution in [3.8, 4) is 0 Å². The van der Waals surface area contributed by atoms with Gasteiger partial charge in [0.15, 0.2) is 0 Å². The molecule has 4 nitrogen and oxygen atoms in total. The highest BCUT2D eigenvalue weighted by molar-refractivity contribution is 7.89. The third kappa shape index (κ3) is 2.69. The lowest BCUT2D eigenvalue weighted by molar-refractivity contribution is 0.133. The van der Waals surface area contributed by atoms with Crippen LogP contribution in [0.25, 0.3) is 0 Å². The summed E-state index contributed by atoms with van der Waals surface area (Å²) < 4.78 is 26.1. The first-order valence-electron chi connectivity index (χ1n) is 5.85. The van der Waals surface area contributed by atoms with E-state index >= 15 is 0 Å². The van der Waals surface area contributed by atoms with Crippen molar-refractivity contribution in [2.24, 2.45) is 5.92 Å². The summed E-state index contributed by atoms with van der Waals surface area (Å²) in [5.41, 5.74) is 0. The second-order valence-corrected chi connectivity index (χ2v) is 6.98. The van der Waals surface area contributed by atoms with Crippen molar-refractivity contribution in [3.63, 3.8) is 0 Å². The van der Waals surface area contributed by atoms with E-state index < -0.39 is 16.1 Å². The van der Waals surface area contributed by atoms with Crippen molar-refractivity contribution >= 4 is 21.6 Å². The quantitative estimate of drug-likeness (QED) is 0.922. The van der Waals surface area contributed by atoms with Crippen LogP contribution in [0.4, 0.5) is 0 Å². The summed E-state index contributed by atoms with van der Waals surface area (Å²) in [6.07, 6.45) is 0.210. The van der Waals surface area contributed by atoms with Gasteiger partial charge in [0.25, 0.3) is 0 Å². The molecule has 0 bridgehead atoms. The van der Waals surface area contributed by atoms with Gasteiger partial charge in [-0.3, -0.25) is 0 Å². The molecular weight excluding hydrogens is 274 g/mol. The standard InChI is InChI=1S/C12H16ClNO3S/c1-9(15)10-5-6-14(8-10)18(16,17)12-4-2-3-11(13)7-12/h2-4,7,9-10,15H,5-6,8H2,1H3. The number of nitrogens with zero attached hydrogens (tertiary/aromatic N) is 1. The molecule has 1 N–H and O–H groups in total. The van der Waals surface area contributed by atoms with Crippen LogP contribution in [0.5, 0.6) is 0 Å². The molecule has 2 atom stereocenters. The molecule has 2 unspecified atom stereocenters. The van der Waals surface area contributed by atoms with Crippen molar-refractivity contribution in [1.29, 1.82) is 0 Å². The molecular formula is C12H16ClNO3S. The molecule has 0 aromatic heterocycles. The zero-order chi connectivity index (χ0) is 13.3. The van der Waals surface area contributed by atoms with E-state index in [9.17, 15) is 13.5 Å². The Morgan fingerprint density at radius 1 is 1.50 bits per heavy atom. The monoisotopic (exact) mass is 289 g/mol. The molecule has 1 aliphatic heterocycles. The summed E-state index contributed by atoms with van der Waals surface area (Å²) in [5, 5.41) is 9.91. The highest BCUT2D eigenvalue weighted by atomic mass is 35.5. The van der Waals surface area contributed by atoms with Gasteiger partial charge in [0, 0.05) is 18.1 Å². The molecule has 1 fully saturated rings. The van der Waals surface area contributed by atoms with Crippen molar-refractivity contribution < 1.29 is 13.5 Å². The summed E-state index contributed by atoms with van der Waals surface area (Å²) in [6.45, 7) is 2.51. The summed E-state index contributed by atoms with van der Waals surface area (Å²) in [4.78, 5) is 0.209. The maximum atomic E-state index is 12.3. The Balaban J connectivity index is 2.23. The van der Waals surface area contributed by atoms with Gasteiger partial charge in [0.2, 0.25) is 10.0 Å². The van der Waals surface area contributed by atoms with E-state index in [1.165, 1.54) is 16.4 Å². The third-order valence-electron chi connectivity index (χ3n) is 3.30. The molecule has 0 radical (unpaired) electrons. The number of hydrogen-bond donors (Lipinski definition) is 1. The predicted octanol–water partition coefficient (Wildman–Crippen LogP) is 1.73. The van der Waals surface area contributed by atoms with Gasteiger partial charge in [0.1, 0.15) is 0 Å². The lowest BCUT2D eigenvalue weighted by atomic mass is 10.0. The highest BCUT2D eigenvalue weighted by Crippen LogP contribution is 2.27. The van der Waals surface area contributed by atoms with Gasteiger partial charge in [0.05, 0.1) is 11.0 Å². The van der Waals surface area contributed by atoms with Crippen LogP contribution in [-0.4, -0.2) is 37.0 Å². The second kappa shape index (κ2) is 5.17. The van der Waals surface area contributed by atoms with Crippen LogP contribution in [0.3, 0.4) is 0 Å². The molecule has 1 aliphatic rings. The van der Waals surface area contributed by atoms with Gasteiger partial charge in [-0.1, -0.05) is 17.7 Å². The maximum absolute atomic E-state index is 12.3. The molecule has 0 spiro atoms. The Morgan fingerprint density at radius 3 is 2.78 bits per heavy atom. The maximum Gasteiger partial charge on any atom is 0.243 e. The Hall–Kier alpha value is -0.620. The molecule has 0 saturated carbocycles. The van der Waals surface area contributed by atoms with Crippen molar-refractivity contribution in [1.82, 2.24) is 4.31 Å². The van der Waals surface area contributed by atoms with Gasteiger partial charge in [-0.15, -0.1) is 0 Å². The fourth-order valence-corrected chi connectivity index (χ4v) is 3.96. The zero-order valence-electron chi connectivity index (χ0n) is 10.1. The predicted molar refractivity (Wildman–Crippen MR) is 70.0 cm³/mol. The minimum Gasteiger partial charge on any atom is -0.393 e. The summed E-state index contributed by atoms with van der Waals surface area (Å²) >= 11 is 5.81. The molecule has 1 aromatic rings. The average Bonchev–Trinajstić information content (AvgIpc) is 2.79. The van der Waals surface area contributed by atoms with E-state index in [-0.39, 0.29) is 10.8 Å². The molecule has 1 aromatic carbocycles. The first kappa shape index (κ1) is 13.8. The number of hydrogen-bond acceptors (Lipinski definition) is 3. The summed E-state index contributed by atoms with van der Waals surface area (Å²) in [5.74, 6) is 0.0129. The van der Waals surface area contributed by atoms with Gasteiger partial charge in [-0.25, -0.2) is 8.42 Å². The smallest absolute Gasteiger partial charge is 0.243 e. The van der Waals surface area contributed by atoms with E-state index in [1.807, 2.05) is 0 Å². The van der Waals surface area contributed by atoms with Gasteiger partial charge in [-0.2, -0.15) is 4.31 Å². The Kier molecular flexibility index (Phi) is 3.96. The fraction of sp³-hybridized carbons (Fsp3) is 0.500. The molecule has 0 amide bonds. The van der Waals surface area contributed by atoms with E-state index in [4.69, 9.17) is 11.6 Å². The van der Waals surface area contributed by atoms with Crippen LogP contribution in [0.2, 0.25) is 5.02 Å². The Labute approximate surface area is 112 Å². The summed E-state index contributed by atoms with van der Waals surface area (Å²) in [7, 11) is -3.49. The van der Waals surface area contributed by atoms with Gasteiger partial charge < -0.3 is 5.11 Å². The third-order valence-corrected chi connectivity index (χ3v) is 5.40. The highest BCUT2D eigenvalue weighted by Gasteiger charge is 2.34. The lowest BCUT2D eigenvalue weighted by Gasteiger charge is -2.17. The fourth-order valence-electron chi connectivity index (χ4n) is 2.14. The van der Waals surface area contributed by atoms with E-state index in [0.717, 1.165) is 0 Å². The van der Waals surface area contributed by atoms with Crippen LogP contribution >= 0.6 is 11.6 Å². The summed E-state index contributed by atoms with van der Waals surface area (Å²) in [6, 6.07) is 6.25. The van der Waals surface area contributed by atoms with E-state index in [0.29, 0.717) is 24.5 Å². The zero-order valence-corrected chi connectivity index (χ0v) is 11.7. The van der Waals surface area contributed by atoms with Crippen molar-refractivity contribution in [2.75, 3.05) is 13.1 Å². The van der Waals surface area contributed by atoms with Gasteiger partial charge >= 0.3 is 0 Å². The molecule has 1 saturated heterocycles. The molecule has 1 heterocycles. The topological polar surface area (TPSA) is 57.6 Å². The van der Waals surface area contributed by atoms with Crippen LogP contribution < -0.4 is 0 Å². The number of benzene rings is 1. The number of halogens is 1. The Bertz CT molecular complexity index is 530. The Morgan fingerprint density at radius 2 is 2.22 bits per heavy atom. The number of aliphatic hydroxyl groups excluding tert-OH is 1. The largest absolute Gasteiger partial charge is 0.393 e. The van der Waals surface area contributed by atoms with E-state index in [2.05, 4.69) is 0 Å². The van der Waals surface area contributed by atoms with E-state index in [1.54, 1.807) is 19.1 Å². The molecule has 18 heavy (non-hydrogen) atoms. The van der Waals surface area contributed by atoms with Crippen LogP contribution in [0.1, 0.15) is 13.3 Å². The molecule has 6 heteroatoms. The van der Waals surface area contributed by atoms with Crippen LogP contribution in [0, 0.1) is 5.92 Å². The normalized spacial score (nSPS) is 23.2. The average molecular weight is 290 g/mol. The van der Waals surface area contributed by atoms with Crippen molar-refractivity contribution in [3.05, 3.63) is 29.3 Å². The van der Waals surface area contributed by atoms with Crippen LogP contribution in [-0.2, 0) is 10.0 Å². The first-order chi connectivity index (χ1) is 8.41. The lowest BCUT2D eigenvalue weighted by Crippen LogP contribution is -2.30. The number of aliphatic hydroxyl groups is 1. The number of rotatable bonds is 3. The molecule has 0 aliphatic carbocycles. The van der Waals surface area contributed by atoms with Crippen LogP contribution in [0.15, 0.2) is 29.2 Å². The SMILES string of the molecule is CC(O)C1CCN(S(=O)(=O)c2cccc(Cl)c2)C1.